The Balaban J connectivity index is 2.27. The third-order valence-corrected chi connectivity index (χ3v) is 4.09. The van der Waals surface area contributed by atoms with Gasteiger partial charge in [0.2, 0.25) is 5.91 Å². The molecule has 1 fully saturated rings. The molecule has 118 valence electrons. The van der Waals surface area contributed by atoms with Crippen molar-refractivity contribution >= 4 is 17.5 Å². The van der Waals surface area contributed by atoms with Crippen molar-refractivity contribution in [3.63, 3.8) is 0 Å². The minimum absolute atomic E-state index is 0.0334. The van der Waals surface area contributed by atoms with E-state index in [-0.39, 0.29) is 17.6 Å². The van der Waals surface area contributed by atoms with E-state index in [1.54, 1.807) is 0 Å². The van der Waals surface area contributed by atoms with Gasteiger partial charge in [0.25, 0.3) is 0 Å². The molecule has 3 nitrogen and oxygen atoms in total. The number of nitrogens with zero attached hydrogens (tertiary/aromatic N) is 1. The van der Waals surface area contributed by atoms with Crippen molar-refractivity contribution in [2.75, 3.05) is 19.0 Å². The lowest BCUT2D eigenvalue weighted by Crippen LogP contribution is -2.55. The smallest absolute Gasteiger partial charge is 0.222 e. The number of carbonyl (C=O) groups is 1. The van der Waals surface area contributed by atoms with Gasteiger partial charge in [0, 0.05) is 19.5 Å². The summed E-state index contributed by atoms with van der Waals surface area (Å²) in [7, 11) is 0. The van der Waals surface area contributed by atoms with Crippen LogP contribution in [0.4, 0.5) is 0 Å². The molecule has 0 radical (unpaired) electrons. The van der Waals surface area contributed by atoms with Crippen molar-refractivity contribution in [1.82, 2.24) is 4.90 Å². The third kappa shape index (κ3) is 6.45. The van der Waals surface area contributed by atoms with Crippen LogP contribution in [0.5, 0.6) is 0 Å². The van der Waals surface area contributed by atoms with Crippen LogP contribution in [0, 0.1) is 0 Å². The second-order valence-corrected chi connectivity index (χ2v) is 6.75. The van der Waals surface area contributed by atoms with Crippen LogP contribution >= 0.6 is 11.6 Å². The Kier molecular flexibility index (Phi) is 7.90. The maximum atomic E-state index is 12.3. The zero-order valence-corrected chi connectivity index (χ0v) is 14.0. The fourth-order valence-electron chi connectivity index (χ4n) is 2.78. The van der Waals surface area contributed by atoms with Crippen LogP contribution in [-0.2, 0) is 9.53 Å². The number of amides is 1. The average molecular weight is 304 g/mol. The average Bonchev–Trinajstić information content (AvgIpc) is 2.40. The molecule has 0 aromatic rings. The van der Waals surface area contributed by atoms with E-state index in [1.165, 1.54) is 32.1 Å². The SMILES string of the molecule is CCCCCCCCC(=O)N1CC(CCl)OC(C)(C)C1. The molecule has 0 aromatic heterocycles. The molecular weight excluding hydrogens is 274 g/mol. The van der Waals surface area contributed by atoms with Gasteiger partial charge in [-0.25, -0.2) is 0 Å². The molecule has 1 amide bonds. The van der Waals surface area contributed by atoms with Crippen LogP contribution in [0.15, 0.2) is 0 Å². The second-order valence-electron chi connectivity index (χ2n) is 6.45. The van der Waals surface area contributed by atoms with Gasteiger partial charge in [-0.05, 0) is 20.3 Å². The van der Waals surface area contributed by atoms with Crippen molar-refractivity contribution in [1.29, 1.82) is 0 Å². The number of rotatable bonds is 8. The first-order valence-corrected chi connectivity index (χ1v) is 8.53. The monoisotopic (exact) mass is 303 g/mol. The molecule has 0 aromatic carbocycles. The summed E-state index contributed by atoms with van der Waals surface area (Å²) in [6, 6.07) is 0. The Bertz CT molecular complexity index is 294. The van der Waals surface area contributed by atoms with Crippen LogP contribution in [-0.4, -0.2) is 41.5 Å². The molecule has 1 aliphatic heterocycles. The van der Waals surface area contributed by atoms with Gasteiger partial charge in [-0.1, -0.05) is 39.0 Å². The molecule has 0 N–H and O–H groups in total. The summed E-state index contributed by atoms with van der Waals surface area (Å²) in [6.07, 6.45) is 7.92. The number of morpholine rings is 1. The number of ether oxygens (including phenoxy) is 1. The highest BCUT2D eigenvalue weighted by Gasteiger charge is 2.34. The molecule has 1 saturated heterocycles. The summed E-state index contributed by atoms with van der Waals surface area (Å²) < 4.78 is 5.85. The molecule has 1 unspecified atom stereocenters. The highest BCUT2D eigenvalue weighted by Crippen LogP contribution is 2.22. The summed E-state index contributed by atoms with van der Waals surface area (Å²) in [5.74, 6) is 0.705. The standard InChI is InChI=1S/C16H30ClNO2/c1-4-5-6-7-8-9-10-15(19)18-12-14(11-17)20-16(2,3)13-18/h14H,4-13H2,1-3H3. The lowest BCUT2D eigenvalue weighted by molar-refractivity contribution is -0.157. The van der Waals surface area contributed by atoms with Gasteiger partial charge >= 0.3 is 0 Å². The Hall–Kier alpha value is -0.280. The van der Waals surface area contributed by atoms with E-state index < -0.39 is 0 Å². The van der Waals surface area contributed by atoms with E-state index in [0.717, 1.165) is 6.42 Å². The molecule has 0 aliphatic carbocycles. The molecule has 20 heavy (non-hydrogen) atoms. The van der Waals surface area contributed by atoms with Crippen molar-refractivity contribution in [3.8, 4) is 0 Å². The van der Waals surface area contributed by atoms with Crippen molar-refractivity contribution in [2.45, 2.75) is 77.4 Å². The molecule has 0 saturated carbocycles. The molecule has 0 bridgehead atoms. The van der Waals surface area contributed by atoms with E-state index >= 15 is 0 Å². The van der Waals surface area contributed by atoms with E-state index in [1.807, 2.05) is 18.7 Å². The van der Waals surface area contributed by atoms with E-state index in [0.29, 0.717) is 25.4 Å². The van der Waals surface area contributed by atoms with E-state index in [9.17, 15) is 4.79 Å². The summed E-state index contributed by atoms with van der Waals surface area (Å²) in [5.41, 5.74) is -0.283. The maximum Gasteiger partial charge on any atom is 0.222 e. The Morgan fingerprint density at radius 2 is 1.90 bits per heavy atom. The van der Waals surface area contributed by atoms with Crippen molar-refractivity contribution < 1.29 is 9.53 Å². The normalized spacial score (nSPS) is 22.0. The summed E-state index contributed by atoms with van der Waals surface area (Å²) >= 11 is 5.89. The van der Waals surface area contributed by atoms with Crippen LogP contribution in [0.25, 0.3) is 0 Å². The van der Waals surface area contributed by atoms with Crippen LogP contribution in [0.1, 0.15) is 65.7 Å². The number of carbonyl (C=O) groups excluding carboxylic acids is 1. The van der Waals surface area contributed by atoms with Crippen LogP contribution < -0.4 is 0 Å². The molecule has 0 spiro atoms. The largest absolute Gasteiger partial charge is 0.367 e. The second kappa shape index (κ2) is 8.89. The highest BCUT2D eigenvalue weighted by atomic mass is 35.5. The zero-order valence-electron chi connectivity index (χ0n) is 13.3. The van der Waals surface area contributed by atoms with Gasteiger partial charge in [0.05, 0.1) is 17.6 Å². The van der Waals surface area contributed by atoms with Crippen molar-refractivity contribution in [2.24, 2.45) is 0 Å². The van der Waals surface area contributed by atoms with Gasteiger partial charge in [-0.2, -0.15) is 0 Å². The van der Waals surface area contributed by atoms with E-state index in [2.05, 4.69) is 6.92 Å². The number of hydrogen-bond donors (Lipinski definition) is 0. The lowest BCUT2D eigenvalue weighted by Gasteiger charge is -2.42. The maximum absolute atomic E-state index is 12.3. The topological polar surface area (TPSA) is 29.5 Å². The van der Waals surface area contributed by atoms with Crippen LogP contribution in [0.2, 0.25) is 0 Å². The number of halogens is 1. The fourth-order valence-corrected chi connectivity index (χ4v) is 2.94. The first kappa shape index (κ1) is 17.8. The minimum atomic E-state index is -0.283. The number of alkyl halides is 1. The van der Waals surface area contributed by atoms with Gasteiger partial charge in [0.1, 0.15) is 0 Å². The number of unbranched alkanes of at least 4 members (excludes halogenated alkanes) is 5. The van der Waals surface area contributed by atoms with Crippen molar-refractivity contribution in [3.05, 3.63) is 0 Å². The zero-order chi connectivity index (χ0) is 15.0. The Morgan fingerprint density at radius 3 is 2.55 bits per heavy atom. The lowest BCUT2D eigenvalue weighted by atomic mass is 10.0. The molecule has 4 heteroatoms. The molecular formula is C16H30ClNO2. The fraction of sp³-hybridized carbons (Fsp3) is 0.938. The quantitative estimate of drug-likeness (QED) is 0.501. The summed E-state index contributed by atoms with van der Waals surface area (Å²) in [4.78, 5) is 14.2. The minimum Gasteiger partial charge on any atom is -0.367 e. The first-order chi connectivity index (χ1) is 9.48. The predicted octanol–water partition coefficient (Wildman–Crippen LogP) is 3.98. The summed E-state index contributed by atoms with van der Waals surface area (Å²) in [5, 5.41) is 0. The predicted molar refractivity (Wildman–Crippen MR) is 84.2 cm³/mol. The first-order valence-electron chi connectivity index (χ1n) is 8.00. The van der Waals surface area contributed by atoms with Gasteiger partial charge < -0.3 is 9.64 Å². The molecule has 1 rings (SSSR count). The van der Waals surface area contributed by atoms with Gasteiger partial charge in [-0.15, -0.1) is 11.6 Å². The molecule has 1 atom stereocenters. The van der Waals surface area contributed by atoms with Crippen LogP contribution in [0.3, 0.4) is 0 Å². The Labute approximate surface area is 129 Å². The molecule has 1 aliphatic rings. The van der Waals surface area contributed by atoms with E-state index in [4.69, 9.17) is 16.3 Å². The van der Waals surface area contributed by atoms with Gasteiger partial charge in [-0.3, -0.25) is 4.79 Å². The summed E-state index contributed by atoms with van der Waals surface area (Å²) in [6.45, 7) is 7.58. The third-order valence-electron chi connectivity index (χ3n) is 3.75. The van der Waals surface area contributed by atoms with Gasteiger partial charge in [0.15, 0.2) is 0 Å². The number of hydrogen-bond acceptors (Lipinski definition) is 2. The molecule has 1 heterocycles. The Morgan fingerprint density at radius 1 is 1.25 bits per heavy atom. The highest BCUT2D eigenvalue weighted by molar-refractivity contribution is 6.18.